The predicted molar refractivity (Wildman–Crippen MR) is 75.8 cm³/mol. The zero-order valence-electron chi connectivity index (χ0n) is 12.6. The number of carbonyl (C=O) groups is 2. The van der Waals surface area contributed by atoms with Gasteiger partial charge in [0, 0.05) is 18.6 Å². The van der Waals surface area contributed by atoms with Crippen molar-refractivity contribution in [3.8, 4) is 0 Å². The topological polar surface area (TPSA) is 61.4 Å². The maximum atomic E-state index is 11.9. The van der Waals surface area contributed by atoms with Crippen molar-refractivity contribution in [2.24, 2.45) is 0 Å². The van der Waals surface area contributed by atoms with Gasteiger partial charge in [0.1, 0.15) is 0 Å². The molecule has 0 aromatic heterocycles. The monoisotopic (exact) mass is 269 g/mol. The Morgan fingerprint density at radius 1 is 1.21 bits per heavy atom. The van der Waals surface area contributed by atoms with Crippen molar-refractivity contribution in [3.05, 3.63) is 0 Å². The summed E-state index contributed by atoms with van der Waals surface area (Å²) >= 11 is 0. The Hall–Kier alpha value is -1.10. The molecule has 110 valence electrons. The zero-order valence-corrected chi connectivity index (χ0v) is 12.6. The lowest BCUT2D eigenvalue weighted by Crippen LogP contribution is -2.48. The molecular weight excluding hydrogens is 242 g/mol. The normalized spacial score (nSPS) is 16.4. The van der Waals surface area contributed by atoms with Crippen LogP contribution in [0.3, 0.4) is 0 Å². The van der Waals surface area contributed by atoms with E-state index in [4.69, 9.17) is 0 Å². The highest BCUT2D eigenvalue weighted by Crippen LogP contribution is 2.17. The van der Waals surface area contributed by atoms with Gasteiger partial charge in [0.25, 0.3) is 0 Å². The smallest absolute Gasteiger partial charge is 0.240 e. The fourth-order valence-electron chi connectivity index (χ4n) is 2.26. The summed E-state index contributed by atoms with van der Waals surface area (Å²) in [5.41, 5.74) is -0.261. The van der Waals surface area contributed by atoms with Gasteiger partial charge in [-0.05, 0) is 33.6 Å². The van der Waals surface area contributed by atoms with Crippen molar-refractivity contribution in [3.63, 3.8) is 0 Å². The minimum Gasteiger partial charge on any atom is -0.350 e. The molecule has 0 aliphatic heterocycles. The number of carbonyl (C=O) groups excluding carboxylic acids is 2. The zero-order chi connectivity index (χ0) is 14.5. The average Bonchev–Trinajstić information content (AvgIpc) is 2.75. The molecule has 5 heteroatoms. The maximum absolute atomic E-state index is 11.9. The van der Waals surface area contributed by atoms with Crippen LogP contribution >= 0.6 is 0 Å². The van der Waals surface area contributed by atoms with Gasteiger partial charge in [-0.15, -0.1) is 0 Å². The first kappa shape index (κ1) is 16.0. The molecule has 0 unspecified atom stereocenters. The van der Waals surface area contributed by atoms with Crippen LogP contribution in [-0.4, -0.2) is 48.4 Å². The van der Waals surface area contributed by atoms with Crippen molar-refractivity contribution in [2.45, 2.75) is 58.0 Å². The predicted octanol–water partition coefficient (Wildman–Crippen LogP) is 0.892. The fourth-order valence-corrected chi connectivity index (χ4v) is 2.26. The molecule has 1 aliphatic carbocycles. The van der Waals surface area contributed by atoms with Gasteiger partial charge in [0.2, 0.25) is 11.8 Å². The third kappa shape index (κ3) is 6.57. The van der Waals surface area contributed by atoms with Crippen LogP contribution in [0.4, 0.5) is 0 Å². The summed E-state index contributed by atoms with van der Waals surface area (Å²) < 4.78 is 0. The van der Waals surface area contributed by atoms with Gasteiger partial charge in [0.15, 0.2) is 0 Å². The number of rotatable bonds is 5. The van der Waals surface area contributed by atoms with E-state index >= 15 is 0 Å². The van der Waals surface area contributed by atoms with Crippen LogP contribution in [0, 0.1) is 0 Å². The third-order valence-electron chi connectivity index (χ3n) is 3.22. The standard InChI is InChI=1S/C14H27N3O2/c1-14(2,3)16-12(18)10-17(4)13(19)9-15-11-7-5-6-8-11/h11,15H,5-10H2,1-4H3,(H,16,18). The molecular formula is C14H27N3O2. The summed E-state index contributed by atoms with van der Waals surface area (Å²) in [7, 11) is 1.67. The minimum atomic E-state index is -0.261. The number of hydrogen-bond acceptors (Lipinski definition) is 3. The second-order valence-electron chi connectivity index (χ2n) is 6.41. The van der Waals surface area contributed by atoms with Crippen LogP contribution in [0.5, 0.6) is 0 Å². The molecule has 1 saturated carbocycles. The van der Waals surface area contributed by atoms with Gasteiger partial charge in [-0.1, -0.05) is 12.8 Å². The van der Waals surface area contributed by atoms with Gasteiger partial charge in [-0.2, -0.15) is 0 Å². The van der Waals surface area contributed by atoms with Crippen molar-refractivity contribution >= 4 is 11.8 Å². The Morgan fingerprint density at radius 2 is 1.79 bits per heavy atom. The van der Waals surface area contributed by atoms with E-state index in [1.165, 1.54) is 17.7 Å². The lowest BCUT2D eigenvalue weighted by atomic mass is 10.1. The van der Waals surface area contributed by atoms with Gasteiger partial charge < -0.3 is 15.5 Å². The van der Waals surface area contributed by atoms with Crippen LogP contribution in [0.25, 0.3) is 0 Å². The molecule has 1 rings (SSSR count). The number of nitrogens with zero attached hydrogens (tertiary/aromatic N) is 1. The molecule has 19 heavy (non-hydrogen) atoms. The number of amides is 2. The van der Waals surface area contributed by atoms with Gasteiger partial charge in [-0.25, -0.2) is 0 Å². The van der Waals surface area contributed by atoms with E-state index in [1.807, 2.05) is 20.8 Å². The number of hydrogen-bond donors (Lipinski definition) is 2. The van der Waals surface area contributed by atoms with E-state index in [9.17, 15) is 9.59 Å². The first-order chi connectivity index (χ1) is 8.78. The largest absolute Gasteiger partial charge is 0.350 e. The van der Waals surface area contributed by atoms with E-state index in [2.05, 4.69) is 10.6 Å². The van der Waals surface area contributed by atoms with Gasteiger partial charge in [-0.3, -0.25) is 9.59 Å². The quantitative estimate of drug-likeness (QED) is 0.779. The van der Waals surface area contributed by atoms with Gasteiger partial charge in [0.05, 0.1) is 13.1 Å². The van der Waals surface area contributed by atoms with Crippen molar-refractivity contribution in [1.29, 1.82) is 0 Å². The highest BCUT2D eigenvalue weighted by atomic mass is 16.2. The molecule has 0 radical (unpaired) electrons. The Kier molecular flexibility index (Phi) is 5.79. The molecule has 0 aromatic rings. The molecule has 1 fully saturated rings. The molecule has 2 N–H and O–H groups in total. The van der Waals surface area contributed by atoms with Crippen LogP contribution in [0.2, 0.25) is 0 Å². The Bertz CT molecular complexity index is 317. The van der Waals surface area contributed by atoms with Crippen LogP contribution in [0.1, 0.15) is 46.5 Å². The summed E-state index contributed by atoms with van der Waals surface area (Å²) in [6.45, 7) is 6.21. The average molecular weight is 269 g/mol. The third-order valence-corrected chi connectivity index (χ3v) is 3.22. The van der Waals surface area contributed by atoms with Crippen LogP contribution < -0.4 is 10.6 Å². The maximum Gasteiger partial charge on any atom is 0.240 e. The molecule has 0 aromatic carbocycles. The lowest BCUT2D eigenvalue weighted by Gasteiger charge is -2.24. The summed E-state index contributed by atoms with van der Waals surface area (Å²) in [5.74, 6) is -0.153. The number of nitrogens with one attached hydrogen (secondary N) is 2. The van der Waals surface area contributed by atoms with Crippen molar-refractivity contribution in [2.75, 3.05) is 20.1 Å². The Morgan fingerprint density at radius 3 is 2.32 bits per heavy atom. The minimum absolute atomic E-state index is 0.0315. The fraction of sp³-hybridized carbons (Fsp3) is 0.857. The van der Waals surface area contributed by atoms with Crippen LogP contribution in [-0.2, 0) is 9.59 Å². The highest BCUT2D eigenvalue weighted by Gasteiger charge is 2.19. The van der Waals surface area contributed by atoms with Crippen molar-refractivity contribution in [1.82, 2.24) is 15.5 Å². The summed E-state index contributed by atoms with van der Waals surface area (Å²) in [6, 6.07) is 0.473. The second kappa shape index (κ2) is 6.89. The molecule has 1 aliphatic rings. The molecule has 2 amide bonds. The molecule has 0 atom stereocenters. The molecule has 0 saturated heterocycles. The summed E-state index contributed by atoms with van der Waals surface area (Å²) in [4.78, 5) is 25.1. The van der Waals surface area contributed by atoms with E-state index in [-0.39, 0.29) is 23.9 Å². The Balaban J connectivity index is 2.25. The van der Waals surface area contributed by atoms with Gasteiger partial charge >= 0.3 is 0 Å². The van der Waals surface area contributed by atoms with E-state index in [1.54, 1.807) is 7.05 Å². The SMILES string of the molecule is CN(CC(=O)NC(C)(C)C)C(=O)CNC1CCCC1. The Labute approximate surface area is 116 Å². The van der Waals surface area contributed by atoms with Crippen LogP contribution in [0.15, 0.2) is 0 Å². The first-order valence-corrected chi connectivity index (χ1v) is 7.06. The second-order valence-corrected chi connectivity index (χ2v) is 6.41. The molecule has 0 bridgehead atoms. The van der Waals surface area contributed by atoms with E-state index < -0.39 is 0 Å². The summed E-state index contributed by atoms with van der Waals surface area (Å²) in [6.07, 6.45) is 4.80. The molecule has 5 nitrogen and oxygen atoms in total. The molecule has 0 spiro atoms. The molecule has 0 heterocycles. The highest BCUT2D eigenvalue weighted by molar-refractivity contribution is 5.85. The lowest BCUT2D eigenvalue weighted by molar-refractivity contribution is -0.134. The summed E-state index contributed by atoms with van der Waals surface area (Å²) in [5, 5.41) is 6.11. The van der Waals surface area contributed by atoms with E-state index in [0.29, 0.717) is 12.6 Å². The number of likely N-dealkylation sites (N-methyl/N-ethyl adjacent to an activating group) is 1. The first-order valence-electron chi connectivity index (χ1n) is 7.06. The van der Waals surface area contributed by atoms with E-state index in [0.717, 1.165) is 12.8 Å². The van der Waals surface area contributed by atoms with Crippen molar-refractivity contribution < 1.29 is 9.59 Å².